The van der Waals surface area contributed by atoms with Gasteiger partial charge >= 0.3 is 6.18 Å². The summed E-state index contributed by atoms with van der Waals surface area (Å²) >= 11 is 11.7. The highest BCUT2D eigenvalue weighted by Gasteiger charge is 2.38. The van der Waals surface area contributed by atoms with Crippen LogP contribution in [0.2, 0.25) is 10.0 Å². The number of rotatable bonds is 4. The van der Waals surface area contributed by atoms with Crippen LogP contribution in [0.1, 0.15) is 68.9 Å². The second-order valence-corrected chi connectivity index (χ2v) is 13.6. The van der Waals surface area contributed by atoms with E-state index in [0.717, 1.165) is 48.7 Å². The van der Waals surface area contributed by atoms with Gasteiger partial charge < -0.3 is 9.80 Å². The topological polar surface area (TPSA) is 154 Å². The van der Waals surface area contributed by atoms with E-state index in [1.165, 1.54) is 37.4 Å². The summed E-state index contributed by atoms with van der Waals surface area (Å²) in [6, 6.07) is 6.35. The lowest BCUT2D eigenvalue weighted by atomic mass is 10.0. The summed E-state index contributed by atoms with van der Waals surface area (Å²) in [6.45, 7) is 3.88. The fourth-order valence-electron chi connectivity index (χ4n) is 6.40. The van der Waals surface area contributed by atoms with Crippen LogP contribution >= 0.6 is 23.2 Å². The van der Waals surface area contributed by atoms with E-state index >= 15 is 0 Å². The molecule has 57 heavy (non-hydrogen) atoms. The summed E-state index contributed by atoms with van der Waals surface area (Å²) in [7, 11) is 0. The fourth-order valence-corrected chi connectivity index (χ4v) is 6.87. The number of aromatic nitrogens is 10. The third-order valence-corrected chi connectivity index (χ3v) is 9.88. The summed E-state index contributed by atoms with van der Waals surface area (Å²) in [5.74, 6) is -2.60. The molecule has 2 aliphatic rings. The molecule has 0 saturated heterocycles. The molecule has 294 valence electrons. The lowest BCUT2D eigenvalue weighted by Crippen LogP contribution is -2.43. The van der Waals surface area contributed by atoms with Crippen molar-refractivity contribution in [3.63, 3.8) is 0 Å². The van der Waals surface area contributed by atoms with Gasteiger partial charge in [-0.2, -0.15) is 22.5 Å². The number of hydrogen-bond donors (Lipinski definition) is 0. The molecule has 0 bridgehead atoms. The molecule has 0 fully saturated rings. The lowest BCUT2D eigenvalue weighted by Gasteiger charge is -2.33. The van der Waals surface area contributed by atoms with Crippen molar-refractivity contribution in [3.8, 4) is 11.9 Å². The van der Waals surface area contributed by atoms with E-state index in [1.807, 2.05) is 6.92 Å². The molecule has 2 aliphatic heterocycles. The van der Waals surface area contributed by atoms with Crippen molar-refractivity contribution >= 4 is 35.0 Å². The molecule has 0 aliphatic carbocycles. The Hall–Kier alpha value is -6.02. The lowest BCUT2D eigenvalue weighted by molar-refractivity contribution is -0.137. The molecular formula is C35H26Cl2F6N12O2. The Balaban J connectivity index is 0.000000175. The van der Waals surface area contributed by atoms with Gasteiger partial charge in [0.15, 0.2) is 11.6 Å². The van der Waals surface area contributed by atoms with Crippen LogP contribution in [0.25, 0.3) is 11.9 Å². The molecule has 0 saturated carbocycles. The molecule has 6 aromatic rings. The number of hydrogen-bond acceptors (Lipinski definition) is 10. The summed E-state index contributed by atoms with van der Waals surface area (Å²) in [5, 5.41) is 15.7. The first-order chi connectivity index (χ1) is 27.1. The van der Waals surface area contributed by atoms with E-state index in [2.05, 4.69) is 40.6 Å². The van der Waals surface area contributed by atoms with E-state index in [0.29, 0.717) is 29.9 Å². The number of halogens is 8. The molecule has 22 heteroatoms. The second-order valence-electron chi connectivity index (χ2n) is 12.8. The van der Waals surface area contributed by atoms with Crippen molar-refractivity contribution in [2.75, 3.05) is 6.54 Å². The van der Waals surface area contributed by atoms with Crippen LogP contribution in [0.15, 0.2) is 61.2 Å². The molecule has 0 spiro atoms. The van der Waals surface area contributed by atoms with Gasteiger partial charge in [-0.15, -0.1) is 10.2 Å². The standard InChI is InChI=1S/C18H13ClF4N6O.C17H13ClF2N6O/c1-9-15-13(29(27-26-15)17-24-7-10(20)8-25-17)5-6-28(9)16(30)11-3-2-4-12(14(11)19)18(21,22)23;1-9-4-15-14(23-24-26(15)17-21-6-11(19)7-22-17)8-25(9)16(27)12-3-2-10(18)5-13(12)20/h2-4,7-9H,5-6H2,1H3;2-3,5-7,9H,4,8H2,1H3/t9-;/m1./s1. The average molecular weight is 832 g/mol. The summed E-state index contributed by atoms with van der Waals surface area (Å²) in [5.41, 5.74) is 1.01. The van der Waals surface area contributed by atoms with Crippen LogP contribution < -0.4 is 0 Å². The highest BCUT2D eigenvalue weighted by molar-refractivity contribution is 6.34. The van der Waals surface area contributed by atoms with Crippen molar-refractivity contribution in [2.45, 2.75) is 51.5 Å². The SMILES string of the molecule is CC1Cc2c(nnn2-c2ncc(F)cn2)CN1C(=O)c1ccc(Cl)cc1F.C[C@@H]1c2nnn(-c3ncc(F)cn3)c2CCN1C(=O)c1cccc(C(F)(F)F)c1Cl. The summed E-state index contributed by atoms with van der Waals surface area (Å²) < 4.78 is 82.4. The Bertz CT molecular complexity index is 2480. The zero-order valence-electron chi connectivity index (χ0n) is 29.5. The molecule has 2 atom stereocenters. The first-order valence-corrected chi connectivity index (χ1v) is 17.6. The molecule has 0 radical (unpaired) electrons. The van der Waals surface area contributed by atoms with Crippen molar-refractivity contribution in [2.24, 2.45) is 0 Å². The fraction of sp³-hybridized carbons (Fsp3) is 0.257. The molecule has 2 amide bonds. The molecule has 4 aromatic heterocycles. The van der Waals surface area contributed by atoms with Gasteiger partial charge in [-0.1, -0.05) is 39.7 Å². The van der Waals surface area contributed by atoms with Crippen LogP contribution in [0.5, 0.6) is 0 Å². The highest BCUT2D eigenvalue weighted by atomic mass is 35.5. The third-order valence-electron chi connectivity index (χ3n) is 9.24. The van der Waals surface area contributed by atoms with E-state index in [1.54, 1.807) is 6.92 Å². The van der Waals surface area contributed by atoms with Crippen molar-refractivity contribution < 1.29 is 35.9 Å². The minimum atomic E-state index is -4.67. The number of nitrogens with zero attached hydrogens (tertiary/aromatic N) is 12. The van der Waals surface area contributed by atoms with Gasteiger partial charge in [-0.05, 0) is 44.2 Å². The van der Waals surface area contributed by atoms with Gasteiger partial charge in [-0.25, -0.2) is 33.1 Å². The zero-order valence-corrected chi connectivity index (χ0v) is 31.0. The quantitative estimate of drug-likeness (QED) is 0.188. The van der Waals surface area contributed by atoms with Gasteiger partial charge in [0.2, 0.25) is 0 Å². The maximum atomic E-state index is 14.1. The van der Waals surface area contributed by atoms with Gasteiger partial charge in [-0.3, -0.25) is 9.59 Å². The Labute approximate surface area is 328 Å². The molecule has 1 unspecified atom stereocenters. The number of fused-ring (bicyclic) bond motifs is 2. The predicted octanol–water partition coefficient (Wildman–Crippen LogP) is 6.20. The van der Waals surface area contributed by atoms with Crippen LogP contribution in [0, 0.1) is 17.5 Å². The maximum Gasteiger partial charge on any atom is 0.417 e. The number of amides is 2. The summed E-state index contributed by atoms with van der Waals surface area (Å²) in [6.07, 6.45) is 0.123. The van der Waals surface area contributed by atoms with E-state index < -0.39 is 52.1 Å². The van der Waals surface area contributed by atoms with Gasteiger partial charge in [0, 0.05) is 30.5 Å². The Morgan fingerprint density at radius 3 is 1.98 bits per heavy atom. The van der Waals surface area contributed by atoms with E-state index in [-0.39, 0.29) is 47.2 Å². The number of carbonyl (C=O) groups excluding carboxylic acids is 2. The normalized spacial score (nSPS) is 16.4. The van der Waals surface area contributed by atoms with Crippen molar-refractivity contribution in [1.29, 1.82) is 0 Å². The van der Waals surface area contributed by atoms with Crippen molar-refractivity contribution in [1.82, 2.24) is 59.7 Å². The molecule has 14 nitrogen and oxygen atoms in total. The summed E-state index contributed by atoms with van der Waals surface area (Å²) in [4.78, 5) is 44.2. The molecule has 8 rings (SSSR count). The van der Waals surface area contributed by atoms with Crippen LogP contribution in [0.4, 0.5) is 26.3 Å². The second kappa shape index (κ2) is 15.5. The number of benzene rings is 2. The van der Waals surface area contributed by atoms with Crippen LogP contribution in [-0.2, 0) is 25.6 Å². The van der Waals surface area contributed by atoms with Gasteiger partial charge in [0.25, 0.3) is 23.7 Å². The zero-order chi connectivity index (χ0) is 40.8. The Morgan fingerprint density at radius 2 is 1.37 bits per heavy atom. The van der Waals surface area contributed by atoms with E-state index in [4.69, 9.17) is 23.2 Å². The average Bonchev–Trinajstić information content (AvgIpc) is 3.79. The molecular weight excluding hydrogens is 805 g/mol. The first-order valence-electron chi connectivity index (χ1n) is 16.9. The molecule has 0 N–H and O–H groups in total. The minimum Gasteiger partial charge on any atom is -0.330 e. The minimum absolute atomic E-state index is 0.0519. The largest absolute Gasteiger partial charge is 0.417 e. The maximum absolute atomic E-state index is 14.1. The van der Waals surface area contributed by atoms with Crippen molar-refractivity contribution in [3.05, 3.63) is 128 Å². The number of carbonyl (C=O) groups is 2. The highest BCUT2D eigenvalue weighted by Crippen LogP contribution is 2.38. The third kappa shape index (κ3) is 7.73. The van der Waals surface area contributed by atoms with Crippen LogP contribution in [-0.4, -0.2) is 84.1 Å². The monoisotopic (exact) mass is 830 g/mol. The van der Waals surface area contributed by atoms with Gasteiger partial charge in [0.1, 0.15) is 17.2 Å². The first kappa shape index (κ1) is 39.2. The molecule has 6 heterocycles. The smallest absolute Gasteiger partial charge is 0.330 e. The van der Waals surface area contributed by atoms with Gasteiger partial charge in [0.05, 0.1) is 70.5 Å². The Morgan fingerprint density at radius 1 is 0.772 bits per heavy atom. The number of alkyl halides is 3. The van der Waals surface area contributed by atoms with Crippen LogP contribution in [0.3, 0.4) is 0 Å². The Kier molecular flexibility index (Phi) is 10.7. The predicted molar refractivity (Wildman–Crippen MR) is 188 cm³/mol. The van der Waals surface area contributed by atoms with E-state index in [9.17, 15) is 35.9 Å². The molecule has 2 aromatic carbocycles.